The highest BCUT2D eigenvalue weighted by Crippen LogP contribution is 2.33. The zero-order valence-corrected chi connectivity index (χ0v) is 12.3. The lowest BCUT2D eigenvalue weighted by molar-refractivity contribution is 0.0813. The van der Waals surface area contributed by atoms with Gasteiger partial charge in [0.2, 0.25) is 0 Å². The number of hydrogen-bond acceptors (Lipinski definition) is 2. The van der Waals surface area contributed by atoms with Gasteiger partial charge in [0.15, 0.2) is 0 Å². The first-order valence-corrected chi connectivity index (χ1v) is 7.31. The SMILES string of the molecule is CC1CCC(CN)CN1C(C)c1ccc(F)cc1Cl. The van der Waals surface area contributed by atoms with Crippen LogP contribution in [0.4, 0.5) is 4.39 Å². The maximum absolute atomic E-state index is 13.1. The molecule has 4 heteroatoms. The normalized spacial score (nSPS) is 26.4. The third kappa shape index (κ3) is 3.28. The highest BCUT2D eigenvalue weighted by molar-refractivity contribution is 6.31. The minimum Gasteiger partial charge on any atom is -0.330 e. The van der Waals surface area contributed by atoms with Gasteiger partial charge in [-0.3, -0.25) is 4.90 Å². The van der Waals surface area contributed by atoms with Crippen molar-refractivity contribution in [3.8, 4) is 0 Å². The summed E-state index contributed by atoms with van der Waals surface area (Å²) in [5.74, 6) is 0.269. The lowest BCUT2D eigenvalue weighted by Gasteiger charge is -2.41. The van der Waals surface area contributed by atoms with Crippen LogP contribution in [0.25, 0.3) is 0 Å². The Bertz CT molecular complexity index is 438. The van der Waals surface area contributed by atoms with Crippen molar-refractivity contribution >= 4 is 11.6 Å². The van der Waals surface area contributed by atoms with Crippen molar-refractivity contribution in [1.82, 2.24) is 4.90 Å². The maximum atomic E-state index is 13.1. The minimum absolute atomic E-state index is 0.192. The molecule has 0 aliphatic carbocycles. The van der Waals surface area contributed by atoms with E-state index in [1.54, 1.807) is 6.07 Å². The van der Waals surface area contributed by atoms with Gasteiger partial charge in [0.05, 0.1) is 0 Å². The average molecular weight is 285 g/mol. The molecule has 1 aliphatic heterocycles. The van der Waals surface area contributed by atoms with Crippen molar-refractivity contribution in [3.63, 3.8) is 0 Å². The fourth-order valence-corrected chi connectivity index (χ4v) is 3.29. The summed E-state index contributed by atoms with van der Waals surface area (Å²) in [6.45, 7) is 6.09. The summed E-state index contributed by atoms with van der Waals surface area (Å²) in [4.78, 5) is 2.43. The van der Waals surface area contributed by atoms with Gasteiger partial charge in [-0.2, -0.15) is 0 Å². The van der Waals surface area contributed by atoms with Crippen LogP contribution >= 0.6 is 11.6 Å². The van der Waals surface area contributed by atoms with E-state index in [1.165, 1.54) is 18.6 Å². The molecule has 106 valence electrons. The van der Waals surface area contributed by atoms with E-state index in [0.29, 0.717) is 17.0 Å². The molecule has 2 rings (SSSR count). The van der Waals surface area contributed by atoms with E-state index in [0.717, 1.165) is 25.1 Å². The Balaban J connectivity index is 2.19. The van der Waals surface area contributed by atoms with Gasteiger partial charge in [0, 0.05) is 23.7 Å². The number of nitrogens with two attached hydrogens (primary N) is 1. The van der Waals surface area contributed by atoms with Gasteiger partial charge >= 0.3 is 0 Å². The molecule has 1 saturated heterocycles. The quantitative estimate of drug-likeness (QED) is 0.919. The monoisotopic (exact) mass is 284 g/mol. The molecule has 0 spiro atoms. The molecule has 0 bridgehead atoms. The molecular formula is C15H22ClFN2. The summed E-state index contributed by atoms with van der Waals surface area (Å²) in [5.41, 5.74) is 6.79. The molecule has 1 aromatic carbocycles. The predicted octanol–water partition coefficient (Wildman–Crippen LogP) is 3.60. The highest BCUT2D eigenvalue weighted by atomic mass is 35.5. The van der Waals surface area contributed by atoms with Crippen LogP contribution in [0.2, 0.25) is 5.02 Å². The van der Waals surface area contributed by atoms with E-state index in [1.807, 2.05) is 0 Å². The molecule has 19 heavy (non-hydrogen) atoms. The fraction of sp³-hybridized carbons (Fsp3) is 0.600. The Labute approximate surface area is 119 Å². The van der Waals surface area contributed by atoms with Crippen molar-refractivity contribution in [2.24, 2.45) is 11.7 Å². The van der Waals surface area contributed by atoms with Crippen molar-refractivity contribution in [2.75, 3.05) is 13.1 Å². The van der Waals surface area contributed by atoms with Gasteiger partial charge in [-0.05, 0) is 56.8 Å². The van der Waals surface area contributed by atoms with E-state index in [9.17, 15) is 4.39 Å². The molecule has 0 saturated carbocycles. The number of benzene rings is 1. The van der Waals surface area contributed by atoms with Crippen LogP contribution in [0.5, 0.6) is 0 Å². The van der Waals surface area contributed by atoms with Crippen molar-refractivity contribution in [2.45, 2.75) is 38.8 Å². The molecule has 2 N–H and O–H groups in total. The summed E-state index contributed by atoms with van der Waals surface area (Å²) in [5, 5.41) is 0.509. The first kappa shape index (κ1) is 14.8. The number of rotatable bonds is 3. The van der Waals surface area contributed by atoms with E-state index in [2.05, 4.69) is 18.7 Å². The standard InChI is InChI=1S/C15H22ClFN2/c1-10-3-4-12(8-18)9-19(10)11(2)14-6-5-13(17)7-15(14)16/h5-7,10-12H,3-4,8-9,18H2,1-2H3. The smallest absolute Gasteiger partial charge is 0.124 e. The maximum Gasteiger partial charge on any atom is 0.124 e. The minimum atomic E-state index is -0.285. The van der Waals surface area contributed by atoms with Crippen molar-refractivity contribution in [3.05, 3.63) is 34.6 Å². The molecule has 3 unspecified atom stereocenters. The van der Waals surface area contributed by atoms with Crippen LogP contribution in [-0.4, -0.2) is 24.0 Å². The number of likely N-dealkylation sites (tertiary alicyclic amines) is 1. The predicted molar refractivity (Wildman–Crippen MR) is 77.8 cm³/mol. The number of hydrogen-bond donors (Lipinski definition) is 1. The number of nitrogens with zero attached hydrogens (tertiary/aromatic N) is 1. The van der Waals surface area contributed by atoms with E-state index < -0.39 is 0 Å². The van der Waals surface area contributed by atoms with E-state index >= 15 is 0 Å². The van der Waals surface area contributed by atoms with E-state index in [4.69, 9.17) is 17.3 Å². The molecule has 1 aliphatic rings. The van der Waals surface area contributed by atoms with Gasteiger partial charge in [0.25, 0.3) is 0 Å². The van der Waals surface area contributed by atoms with Crippen LogP contribution in [0.1, 0.15) is 38.3 Å². The van der Waals surface area contributed by atoms with Gasteiger partial charge in [-0.1, -0.05) is 17.7 Å². The van der Waals surface area contributed by atoms with Crippen LogP contribution < -0.4 is 5.73 Å². The van der Waals surface area contributed by atoms with Crippen molar-refractivity contribution in [1.29, 1.82) is 0 Å². The zero-order chi connectivity index (χ0) is 14.0. The van der Waals surface area contributed by atoms with Crippen molar-refractivity contribution < 1.29 is 4.39 Å². The number of halogens is 2. The second kappa shape index (κ2) is 6.21. The molecule has 0 amide bonds. The van der Waals surface area contributed by atoms with Crippen LogP contribution in [0.15, 0.2) is 18.2 Å². The lowest BCUT2D eigenvalue weighted by Crippen LogP contribution is -2.45. The fourth-order valence-electron chi connectivity index (χ4n) is 2.96. The van der Waals surface area contributed by atoms with Crippen LogP contribution in [0, 0.1) is 11.7 Å². The van der Waals surface area contributed by atoms with Gasteiger partial charge in [-0.25, -0.2) is 4.39 Å². The Kier molecular flexibility index (Phi) is 4.82. The molecule has 0 aromatic heterocycles. The van der Waals surface area contributed by atoms with Crippen LogP contribution in [-0.2, 0) is 0 Å². The highest BCUT2D eigenvalue weighted by Gasteiger charge is 2.29. The van der Waals surface area contributed by atoms with Gasteiger partial charge < -0.3 is 5.73 Å². The van der Waals surface area contributed by atoms with Gasteiger partial charge in [-0.15, -0.1) is 0 Å². The summed E-state index contributed by atoms with van der Waals surface area (Å²) in [6.07, 6.45) is 2.35. The van der Waals surface area contributed by atoms with Crippen LogP contribution in [0.3, 0.4) is 0 Å². The largest absolute Gasteiger partial charge is 0.330 e. The topological polar surface area (TPSA) is 29.3 Å². The Morgan fingerprint density at radius 2 is 2.21 bits per heavy atom. The third-order valence-electron chi connectivity index (χ3n) is 4.27. The molecule has 1 aromatic rings. The number of piperidine rings is 1. The Morgan fingerprint density at radius 3 is 2.84 bits per heavy atom. The lowest BCUT2D eigenvalue weighted by atomic mass is 9.91. The Morgan fingerprint density at radius 1 is 1.47 bits per heavy atom. The van der Waals surface area contributed by atoms with E-state index in [-0.39, 0.29) is 11.9 Å². The summed E-state index contributed by atoms with van der Waals surface area (Å²) in [6, 6.07) is 5.37. The Hall–Kier alpha value is -0.640. The summed E-state index contributed by atoms with van der Waals surface area (Å²) < 4.78 is 13.1. The molecule has 2 nitrogen and oxygen atoms in total. The van der Waals surface area contributed by atoms with Gasteiger partial charge in [0.1, 0.15) is 5.82 Å². The molecule has 3 atom stereocenters. The third-order valence-corrected chi connectivity index (χ3v) is 4.60. The first-order valence-electron chi connectivity index (χ1n) is 6.93. The summed E-state index contributed by atoms with van der Waals surface area (Å²) >= 11 is 6.17. The average Bonchev–Trinajstić information content (AvgIpc) is 2.38. The second-order valence-electron chi connectivity index (χ2n) is 5.57. The zero-order valence-electron chi connectivity index (χ0n) is 11.6. The molecular weight excluding hydrogens is 263 g/mol. The first-order chi connectivity index (χ1) is 9.02. The molecule has 1 fully saturated rings. The summed E-state index contributed by atoms with van der Waals surface area (Å²) in [7, 11) is 0. The molecule has 0 radical (unpaired) electrons. The molecule has 1 heterocycles. The second-order valence-corrected chi connectivity index (χ2v) is 5.97.